The molecule has 1 N–H and O–H groups in total. The molecule has 0 saturated heterocycles. The van der Waals surface area contributed by atoms with E-state index in [-0.39, 0.29) is 17.4 Å². The van der Waals surface area contributed by atoms with E-state index in [0.717, 1.165) is 18.5 Å². The second kappa shape index (κ2) is 7.90. The second-order valence-electron chi connectivity index (χ2n) is 6.97. The Morgan fingerprint density at radius 2 is 2.00 bits per heavy atom. The summed E-state index contributed by atoms with van der Waals surface area (Å²) in [6.07, 6.45) is 2.03. The van der Waals surface area contributed by atoms with Crippen LogP contribution < -0.4 is 14.8 Å². The third-order valence-electron chi connectivity index (χ3n) is 4.81. The molecule has 9 heteroatoms. The molecule has 0 radical (unpaired) electrons. The van der Waals surface area contributed by atoms with Gasteiger partial charge in [-0.25, -0.2) is 0 Å². The Morgan fingerprint density at radius 3 is 2.54 bits per heavy atom. The molecule has 28 heavy (non-hydrogen) atoms. The van der Waals surface area contributed by atoms with Crippen LogP contribution >= 0.6 is 12.2 Å². The van der Waals surface area contributed by atoms with E-state index < -0.39 is 12.7 Å². The number of thiocarbonyl (C=S) groups is 1. The monoisotopic (exact) mass is 411 g/mol. The number of halogens is 2. The number of nitrogens with one attached hydrogen (secondary N) is 1. The number of carbonyl (C=O) groups excluding carboxylic acids is 1. The van der Waals surface area contributed by atoms with Crippen molar-refractivity contribution in [2.75, 3.05) is 21.2 Å². The molecule has 152 valence electrons. The first kappa shape index (κ1) is 20.3. The van der Waals surface area contributed by atoms with Crippen LogP contribution in [0.5, 0.6) is 11.5 Å². The smallest absolute Gasteiger partial charge is 0.387 e. The van der Waals surface area contributed by atoms with Crippen molar-refractivity contribution in [3.05, 3.63) is 35.0 Å². The Hall–Kier alpha value is -2.42. The van der Waals surface area contributed by atoms with Gasteiger partial charge in [-0.3, -0.25) is 4.79 Å². The summed E-state index contributed by atoms with van der Waals surface area (Å²) in [6.45, 7) is -1.12. The number of hydrogen-bond acceptors (Lipinski definition) is 4. The zero-order valence-corrected chi connectivity index (χ0v) is 17.0. The first-order valence-corrected chi connectivity index (χ1v) is 9.30. The van der Waals surface area contributed by atoms with E-state index in [2.05, 4.69) is 10.1 Å². The number of likely N-dealkylation sites (N-methyl/N-ethyl adjacent to an activating group) is 1. The quantitative estimate of drug-likeness (QED) is 0.727. The van der Waals surface area contributed by atoms with Crippen molar-refractivity contribution in [1.29, 1.82) is 0 Å². The van der Waals surface area contributed by atoms with Gasteiger partial charge in [0.05, 0.1) is 18.7 Å². The van der Waals surface area contributed by atoms with E-state index in [1.807, 2.05) is 11.8 Å². The van der Waals surface area contributed by atoms with Crippen LogP contribution in [0.2, 0.25) is 0 Å². The molecular weight excluding hydrogens is 388 g/mol. The highest BCUT2D eigenvalue weighted by Crippen LogP contribution is 2.40. The van der Waals surface area contributed by atoms with E-state index in [9.17, 15) is 13.6 Å². The van der Waals surface area contributed by atoms with Crippen LogP contribution in [0.4, 0.5) is 8.78 Å². The molecule has 1 aromatic carbocycles. The summed E-state index contributed by atoms with van der Waals surface area (Å²) in [5.41, 5.74) is 1.89. The molecule has 1 unspecified atom stereocenters. The van der Waals surface area contributed by atoms with E-state index >= 15 is 0 Å². The van der Waals surface area contributed by atoms with Gasteiger partial charge in [-0.05, 0) is 49.7 Å². The Labute approximate surface area is 168 Å². The standard InChI is InChI=1S/C19H23F2N3O3S/c1-10-15(17(25)23(2)3)16(22-19(28)24(10)12-6-7-12)11-5-8-13(26-4)14(9-11)27-18(20)21/h5,8-9,12,16,18H,6-7H2,1-4H3,(H,22,28). The summed E-state index contributed by atoms with van der Waals surface area (Å²) in [7, 11) is 4.72. The minimum Gasteiger partial charge on any atom is -0.493 e. The number of ether oxygens (including phenoxy) is 2. The van der Waals surface area contributed by atoms with Crippen LogP contribution in [0.15, 0.2) is 29.5 Å². The summed E-state index contributed by atoms with van der Waals surface area (Å²) in [6, 6.07) is 4.41. The molecule has 0 aromatic heterocycles. The number of carbonyl (C=O) groups is 1. The second-order valence-corrected chi connectivity index (χ2v) is 7.36. The Bertz CT molecular complexity index is 825. The van der Waals surface area contributed by atoms with Gasteiger partial charge in [0.15, 0.2) is 16.6 Å². The highest BCUT2D eigenvalue weighted by Gasteiger charge is 2.40. The minimum absolute atomic E-state index is 0.0957. The Balaban J connectivity index is 2.08. The lowest BCUT2D eigenvalue weighted by atomic mass is 9.93. The topological polar surface area (TPSA) is 54.0 Å². The minimum atomic E-state index is -2.99. The molecule has 0 spiro atoms. The van der Waals surface area contributed by atoms with Crippen molar-refractivity contribution in [3.63, 3.8) is 0 Å². The maximum absolute atomic E-state index is 13.0. The lowest BCUT2D eigenvalue weighted by Crippen LogP contribution is -2.49. The maximum atomic E-state index is 13.0. The van der Waals surface area contributed by atoms with E-state index in [1.54, 1.807) is 20.2 Å². The summed E-state index contributed by atoms with van der Waals surface area (Å²) < 4.78 is 35.3. The molecular formula is C19H23F2N3O3S. The van der Waals surface area contributed by atoms with Gasteiger partial charge < -0.3 is 24.6 Å². The molecule has 1 atom stereocenters. The fourth-order valence-corrected chi connectivity index (χ4v) is 3.76. The van der Waals surface area contributed by atoms with E-state index in [0.29, 0.717) is 22.3 Å². The van der Waals surface area contributed by atoms with Crippen molar-refractivity contribution in [3.8, 4) is 11.5 Å². The molecule has 1 heterocycles. The number of benzene rings is 1. The molecule has 3 rings (SSSR count). The molecule has 0 bridgehead atoms. The SMILES string of the molecule is COc1ccc(C2NC(=S)N(C3CC3)C(C)=C2C(=O)N(C)C)cc1OC(F)F. The van der Waals surface area contributed by atoms with Crippen LogP contribution in [0, 0.1) is 0 Å². The third-order valence-corrected chi connectivity index (χ3v) is 5.13. The van der Waals surface area contributed by atoms with Crippen LogP contribution in [-0.4, -0.2) is 54.7 Å². The van der Waals surface area contributed by atoms with Crippen molar-refractivity contribution >= 4 is 23.2 Å². The van der Waals surface area contributed by atoms with Gasteiger partial charge in [0, 0.05) is 25.8 Å². The number of hydrogen-bond donors (Lipinski definition) is 1. The third kappa shape index (κ3) is 3.89. The molecule has 1 amide bonds. The average molecular weight is 411 g/mol. The highest BCUT2D eigenvalue weighted by atomic mass is 32.1. The van der Waals surface area contributed by atoms with Crippen LogP contribution in [0.1, 0.15) is 31.4 Å². The van der Waals surface area contributed by atoms with Crippen LogP contribution in [-0.2, 0) is 4.79 Å². The van der Waals surface area contributed by atoms with Gasteiger partial charge >= 0.3 is 6.61 Å². The highest BCUT2D eigenvalue weighted by molar-refractivity contribution is 7.80. The van der Waals surface area contributed by atoms with Gasteiger partial charge in [-0.2, -0.15) is 8.78 Å². The van der Waals surface area contributed by atoms with Crippen LogP contribution in [0.3, 0.4) is 0 Å². The zero-order chi connectivity index (χ0) is 20.6. The predicted octanol–water partition coefficient (Wildman–Crippen LogP) is 3.05. The van der Waals surface area contributed by atoms with Crippen molar-refractivity contribution in [2.24, 2.45) is 0 Å². The number of nitrogens with zero attached hydrogens (tertiary/aromatic N) is 2. The number of allylic oxidation sites excluding steroid dienone is 1. The average Bonchev–Trinajstić information content (AvgIpc) is 3.45. The van der Waals surface area contributed by atoms with E-state index in [1.165, 1.54) is 24.1 Å². The first-order chi connectivity index (χ1) is 13.2. The number of rotatable bonds is 6. The Kier molecular flexibility index (Phi) is 5.74. The molecule has 1 fully saturated rings. The number of alkyl halides is 2. The summed E-state index contributed by atoms with van der Waals surface area (Å²) >= 11 is 5.53. The maximum Gasteiger partial charge on any atom is 0.387 e. The lowest BCUT2D eigenvalue weighted by Gasteiger charge is -2.39. The van der Waals surface area contributed by atoms with Gasteiger partial charge in [0.2, 0.25) is 0 Å². The number of methoxy groups -OCH3 is 1. The zero-order valence-electron chi connectivity index (χ0n) is 16.2. The summed E-state index contributed by atoms with van der Waals surface area (Å²) in [5, 5.41) is 3.73. The van der Waals surface area contributed by atoms with Gasteiger partial charge in [0.25, 0.3) is 5.91 Å². The summed E-state index contributed by atoms with van der Waals surface area (Å²) in [5.74, 6) is -0.0832. The first-order valence-electron chi connectivity index (χ1n) is 8.89. The predicted molar refractivity (Wildman–Crippen MR) is 104 cm³/mol. The molecule has 1 aromatic rings. The lowest BCUT2D eigenvalue weighted by molar-refractivity contribution is -0.125. The molecule has 1 aliphatic heterocycles. The molecule has 1 saturated carbocycles. The van der Waals surface area contributed by atoms with Crippen LogP contribution in [0.25, 0.3) is 0 Å². The van der Waals surface area contributed by atoms with E-state index in [4.69, 9.17) is 17.0 Å². The van der Waals surface area contributed by atoms with Crippen molar-refractivity contribution in [1.82, 2.24) is 15.1 Å². The summed E-state index contributed by atoms with van der Waals surface area (Å²) in [4.78, 5) is 16.4. The molecule has 6 nitrogen and oxygen atoms in total. The fourth-order valence-electron chi connectivity index (χ4n) is 3.36. The normalized spacial score (nSPS) is 19.6. The van der Waals surface area contributed by atoms with Crippen molar-refractivity contribution < 1.29 is 23.0 Å². The largest absolute Gasteiger partial charge is 0.493 e. The fraction of sp³-hybridized carbons (Fsp3) is 0.474. The number of amides is 1. The van der Waals surface area contributed by atoms with Gasteiger partial charge in [-0.15, -0.1) is 0 Å². The molecule has 1 aliphatic carbocycles. The van der Waals surface area contributed by atoms with Gasteiger partial charge in [-0.1, -0.05) is 6.07 Å². The van der Waals surface area contributed by atoms with Crippen molar-refractivity contribution in [2.45, 2.75) is 38.5 Å². The van der Waals surface area contributed by atoms with Gasteiger partial charge in [0.1, 0.15) is 0 Å². The Morgan fingerprint density at radius 1 is 1.32 bits per heavy atom. The molecule has 2 aliphatic rings.